The fraction of sp³-hybridized carbons (Fsp3) is 0.417. The zero-order chi connectivity index (χ0) is 13.5. The lowest BCUT2D eigenvalue weighted by molar-refractivity contribution is 0.0603. The van der Waals surface area contributed by atoms with E-state index in [-0.39, 0.29) is 17.9 Å². The molecule has 0 spiro atoms. The summed E-state index contributed by atoms with van der Waals surface area (Å²) in [5.74, 6) is -0.822. The first kappa shape index (κ1) is 14.8. The second-order valence-electron chi connectivity index (χ2n) is 3.50. The number of halogens is 1. The van der Waals surface area contributed by atoms with Gasteiger partial charge in [0, 0.05) is 17.7 Å². The minimum absolute atomic E-state index is 0.0235. The molecule has 0 unspecified atom stereocenters. The Labute approximate surface area is 110 Å². The summed E-state index contributed by atoms with van der Waals surface area (Å²) in [5, 5.41) is 9.39. The molecule has 1 aromatic rings. The Kier molecular flexibility index (Phi) is 5.91. The van der Waals surface area contributed by atoms with E-state index in [1.165, 1.54) is 13.2 Å². The smallest absolute Gasteiger partial charge is 0.339 e. The molecule has 0 radical (unpaired) electrons. The van der Waals surface area contributed by atoms with Gasteiger partial charge in [0.05, 0.1) is 26.9 Å². The summed E-state index contributed by atoms with van der Waals surface area (Å²) in [5.41, 5.74) is 0.619. The second-order valence-corrected chi connectivity index (χ2v) is 3.93. The highest BCUT2D eigenvalue weighted by molar-refractivity contribution is 6.31. The van der Waals surface area contributed by atoms with E-state index in [2.05, 4.69) is 0 Å². The van der Waals surface area contributed by atoms with Crippen LogP contribution in [0.1, 0.15) is 15.9 Å². The summed E-state index contributed by atoms with van der Waals surface area (Å²) in [6.07, 6.45) is 0. The summed E-state index contributed by atoms with van der Waals surface area (Å²) < 4.78 is 15.3. The molecule has 1 aromatic carbocycles. The Morgan fingerprint density at radius 1 is 1.33 bits per heavy atom. The number of carbonyl (C=O) groups is 1. The summed E-state index contributed by atoms with van der Waals surface area (Å²) in [6, 6.07) is 2.97. The first-order valence-electron chi connectivity index (χ1n) is 5.26. The number of hydrogen-bond donors (Lipinski definition) is 1. The summed E-state index contributed by atoms with van der Waals surface area (Å²) in [4.78, 5) is 11.1. The molecule has 0 aliphatic rings. The van der Waals surface area contributed by atoms with E-state index in [1.54, 1.807) is 13.2 Å². The van der Waals surface area contributed by atoms with Crippen LogP contribution >= 0.6 is 11.6 Å². The van der Waals surface area contributed by atoms with Gasteiger partial charge in [-0.15, -0.1) is 0 Å². The predicted octanol–water partition coefficient (Wildman–Crippen LogP) is 2.21. The van der Waals surface area contributed by atoms with Crippen LogP contribution in [0.25, 0.3) is 0 Å². The highest BCUT2D eigenvalue weighted by Gasteiger charge is 2.16. The quantitative estimate of drug-likeness (QED) is 0.772. The average molecular weight is 275 g/mol. The monoisotopic (exact) mass is 274 g/mol. The second kappa shape index (κ2) is 7.20. The third kappa shape index (κ3) is 3.87. The maximum absolute atomic E-state index is 11.1. The van der Waals surface area contributed by atoms with E-state index in [0.717, 1.165) is 0 Å². The molecule has 5 nitrogen and oxygen atoms in total. The molecule has 1 N–H and O–H groups in total. The van der Waals surface area contributed by atoms with Gasteiger partial charge in [0.25, 0.3) is 0 Å². The number of carboxylic acids is 1. The Bertz CT molecular complexity index is 419. The lowest BCUT2D eigenvalue weighted by atomic mass is 10.1. The van der Waals surface area contributed by atoms with Crippen LogP contribution in [0.15, 0.2) is 12.1 Å². The molecular weight excluding hydrogens is 260 g/mol. The first-order valence-corrected chi connectivity index (χ1v) is 5.64. The third-order valence-electron chi connectivity index (χ3n) is 2.25. The maximum atomic E-state index is 11.1. The molecule has 0 aliphatic carbocycles. The van der Waals surface area contributed by atoms with Gasteiger partial charge >= 0.3 is 5.97 Å². The summed E-state index contributed by atoms with van der Waals surface area (Å²) in [7, 11) is 2.99. The molecular formula is C12H15ClO5. The fourth-order valence-electron chi connectivity index (χ4n) is 1.48. The van der Waals surface area contributed by atoms with Crippen LogP contribution in [-0.2, 0) is 16.1 Å². The molecule has 0 aromatic heterocycles. The molecule has 100 valence electrons. The van der Waals surface area contributed by atoms with Gasteiger partial charge < -0.3 is 19.3 Å². The van der Waals surface area contributed by atoms with Crippen molar-refractivity contribution in [1.29, 1.82) is 0 Å². The molecule has 0 saturated carbocycles. The van der Waals surface area contributed by atoms with Crippen LogP contribution in [-0.4, -0.2) is 38.5 Å². The minimum Gasteiger partial charge on any atom is -0.495 e. The van der Waals surface area contributed by atoms with Crippen molar-refractivity contribution in [1.82, 2.24) is 0 Å². The highest BCUT2D eigenvalue weighted by Crippen LogP contribution is 2.28. The summed E-state index contributed by atoms with van der Waals surface area (Å²) >= 11 is 5.86. The Hall–Kier alpha value is -1.30. The van der Waals surface area contributed by atoms with Crippen LogP contribution in [0.5, 0.6) is 5.75 Å². The average Bonchev–Trinajstić information content (AvgIpc) is 2.33. The number of aromatic carboxylic acids is 1. The molecule has 0 aliphatic heterocycles. The van der Waals surface area contributed by atoms with Crippen molar-refractivity contribution >= 4 is 17.6 Å². The van der Waals surface area contributed by atoms with Crippen LogP contribution in [0.4, 0.5) is 0 Å². The Morgan fingerprint density at radius 2 is 2.06 bits per heavy atom. The Morgan fingerprint density at radius 3 is 2.61 bits per heavy atom. The molecule has 18 heavy (non-hydrogen) atoms. The lowest BCUT2D eigenvalue weighted by Gasteiger charge is -2.12. The maximum Gasteiger partial charge on any atom is 0.339 e. The van der Waals surface area contributed by atoms with Crippen molar-refractivity contribution in [3.63, 3.8) is 0 Å². The fourth-order valence-corrected chi connectivity index (χ4v) is 1.72. The number of benzene rings is 1. The predicted molar refractivity (Wildman–Crippen MR) is 66.5 cm³/mol. The number of hydrogen-bond acceptors (Lipinski definition) is 4. The molecule has 0 fully saturated rings. The zero-order valence-corrected chi connectivity index (χ0v) is 11.0. The van der Waals surface area contributed by atoms with E-state index in [1.807, 2.05) is 0 Å². The topological polar surface area (TPSA) is 65.0 Å². The molecule has 0 bridgehead atoms. The van der Waals surface area contributed by atoms with Crippen molar-refractivity contribution in [3.8, 4) is 5.75 Å². The first-order chi connectivity index (χ1) is 8.60. The van der Waals surface area contributed by atoms with Crippen molar-refractivity contribution in [2.45, 2.75) is 6.61 Å². The van der Waals surface area contributed by atoms with E-state index in [0.29, 0.717) is 23.8 Å². The Balaban J connectivity index is 2.91. The largest absolute Gasteiger partial charge is 0.495 e. The third-order valence-corrected chi connectivity index (χ3v) is 2.47. The van der Waals surface area contributed by atoms with Gasteiger partial charge in [0.15, 0.2) is 0 Å². The number of methoxy groups -OCH3 is 2. The van der Waals surface area contributed by atoms with Crippen molar-refractivity contribution < 1.29 is 24.1 Å². The molecule has 1 rings (SSSR count). The van der Waals surface area contributed by atoms with E-state index in [4.69, 9.17) is 30.9 Å². The van der Waals surface area contributed by atoms with Crippen molar-refractivity contribution in [2.24, 2.45) is 0 Å². The van der Waals surface area contributed by atoms with Gasteiger partial charge in [0.1, 0.15) is 11.3 Å². The van der Waals surface area contributed by atoms with Crippen LogP contribution in [0.3, 0.4) is 0 Å². The zero-order valence-electron chi connectivity index (χ0n) is 10.2. The van der Waals surface area contributed by atoms with Gasteiger partial charge in [0.2, 0.25) is 0 Å². The number of rotatable bonds is 7. The van der Waals surface area contributed by atoms with Gasteiger partial charge in [-0.25, -0.2) is 4.79 Å². The summed E-state index contributed by atoms with van der Waals surface area (Å²) in [6.45, 7) is 1.09. The molecule has 0 heterocycles. The van der Waals surface area contributed by atoms with Crippen LogP contribution < -0.4 is 4.74 Å². The van der Waals surface area contributed by atoms with Crippen molar-refractivity contribution in [2.75, 3.05) is 27.4 Å². The van der Waals surface area contributed by atoms with Crippen LogP contribution in [0, 0.1) is 0 Å². The van der Waals surface area contributed by atoms with Gasteiger partial charge in [-0.1, -0.05) is 11.6 Å². The van der Waals surface area contributed by atoms with E-state index >= 15 is 0 Å². The van der Waals surface area contributed by atoms with Crippen molar-refractivity contribution in [3.05, 3.63) is 28.3 Å². The van der Waals surface area contributed by atoms with E-state index in [9.17, 15) is 4.79 Å². The van der Waals surface area contributed by atoms with Gasteiger partial charge in [-0.2, -0.15) is 0 Å². The SMILES string of the molecule is COCCOCc1cc(Cl)cc(C(=O)O)c1OC. The molecule has 6 heteroatoms. The lowest BCUT2D eigenvalue weighted by Crippen LogP contribution is -2.07. The highest BCUT2D eigenvalue weighted by atomic mass is 35.5. The van der Waals surface area contributed by atoms with Crippen LogP contribution in [0.2, 0.25) is 5.02 Å². The number of ether oxygens (including phenoxy) is 3. The molecule has 0 saturated heterocycles. The molecule has 0 atom stereocenters. The standard InChI is InChI=1S/C12H15ClO5/c1-16-3-4-18-7-8-5-9(13)6-10(12(14)15)11(8)17-2/h5-6H,3-4,7H2,1-2H3,(H,14,15). The van der Waals surface area contributed by atoms with Gasteiger partial charge in [-0.05, 0) is 12.1 Å². The normalized spacial score (nSPS) is 10.4. The van der Waals surface area contributed by atoms with E-state index < -0.39 is 5.97 Å². The van der Waals surface area contributed by atoms with Gasteiger partial charge in [-0.3, -0.25) is 0 Å². The molecule has 0 amide bonds. The number of carboxylic acid groups (broad SMARTS) is 1. The minimum atomic E-state index is -1.09.